The second kappa shape index (κ2) is 6.62. The average Bonchev–Trinajstić information content (AvgIpc) is 2.46. The van der Waals surface area contributed by atoms with Crippen molar-refractivity contribution in [2.24, 2.45) is 5.92 Å². The Morgan fingerprint density at radius 3 is 2.58 bits per heavy atom. The van der Waals surface area contributed by atoms with E-state index in [1.54, 1.807) is 0 Å². The summed E-state index contributed by atoms with van der Waals surface area (Å²) < 4.78 is 0. The number of nitrogens with one attached hydrogen (secondary N) is 1. The normalized spacial score (nSPS) is 18.6. The highest BCUT2D eigenvalue weighted by Crippen LogP contribution is 2.32. The molecule has 1 aromatic rings. The van der Waals surface area contributed by atoms with Gasteiger partial charge in [0.15, 0.2) is 0 Å². The average molecular weight is 281 g/mol. The second-order valence-corrected chi connectivity index (χ2v) is 5.97. The topological polar surface area (TPSA) is 15.3 Å². The summed E-state index contributed by atoms with van der Waals surface area (Å²) >= 11 is 6.46. The van der Waals surface area contributed by atoms with Gasteiger partial charge in [-0.3, -0.25) is 0 Å². The SMILES string of the molecule is CCC1CCN(c2ccc(C(C)NC)cc2Cl)CC1. The summed E-state index contributed by atoms with van der Waals surface area (Å²) in [5.74, 6) is 0.901. The predicted octanol–water partition coefficient (Wildman–Crippen LogP) is 4.25. The van der Waals surface area contributed by atoms with Crippen molar-refractivity contribution < 1.29 is 0 Å². The van der Waals surface area contributed by atoms with Gasteiger partial charge in [0.1, 0.15) is 0 Å². The van der Waals surface area contributed by atoms with Crippen LogP contribution in [0.25, 0.3) is 0 Å². The molecule has 0 spiro atoms. The Morgan fingerprint density at radius 2 is 2.05 bits per heavy atom. The van der Waals surface area contributed by atoms with Crippen molar-refractivity contribution in [3.8, 4) is 0 Å². The van der Waals surface area contributed by atoms with E-state index >= 15 is 0 Å². The van der Waals surface area contributed by atoms with Gasteiger partial charge in [-0.25, -0.2) is 0 Å². The molecule has 1 aromatic carbocycles. The van der Waals surface area contributed by atoms with Crippen LogP contribution in [0.15, 0.2) is 18.2 Å². The van der Waals surface area contributed by atoms with Crippen LogP contribution < -0.4 is 10.2 Å². The summed E-state index contributed by atoms with van der Waals surface area (Å²) in [4.78, 5) is 2.43. The maximum absolute atomic E-state index is 6.46. The first-order valence-electron chi connectivity index (χ1n) is 7.37. The number of halogens is 1. The molecule has 0 radical (unpaired) electrons. The van der Waals surface area contributed by atoms with E-state index in [1.807, 2.05) is 7.05 Å². The van der Waals surface area contributed by atoms with E-state index in [4.69, 9.17) is 11.6 Å². The van der Waals surface area contributed by atoms with Crippen molar-refractivity contribution in [2.75, 3.05) is 25.0 Å². The molecule has 1 saturated heterocycles. The number of hydrogen-bond acceptors (Lipinski definition) is 2. The second-order valence-electron chi connectivity index (χ2n) is 5.56. The molecule has 2 rings (SSSR count). The van der Waals surface area contributed by atoms with Crippen molar-refractivity contribution in [1.82, 2.24) is 5.32 Å². The third kappa shape index (κ3) is 3.43. The quantitative estimate of drug-likeness (QED) is 0.887. The van der Waals surface area contributed by atoms with Crippen LogP contribution in [0.1, 0.15) is 44.7 Å². The Balaban J connectivity index is 2.09. The molecule has 0 aliphatic carbocycles. The third-order valence-electron chi connectivity index (χ3n) is 4.44. The van der Waals surface area contributed by atoms with Gasteiger partial charge < -0.3 is 10.2 Å². The lowest BCUT2D eigenvalue weighted by Gasteiger charge is -2.34. The van der Waals surface area contributed by atoms with E-state index in [2.05, 4.69) is 42.3 Å². The molecule has 2 nitrogen and oxygen atoms in total. The molecule has 1 heterocycles. The number of benzene rings is 1. The van der Waals surface area contributed by atoms with Crippen molar-refractivity contribution in [1.29, 1.82) is 0 Å². The van der Waals surface area contributed by atoms with Crippen LogP contribution in [0.4, 0.5) is 5.69 Å². The Morgan fingerprint density at radius 1 is 1.37 bits per heavy atom. The molecule has 19 heavy (non-hydrogen) atoms. The van der Waals surface area contributed by atoms with Crippen LogP contribution in [0.2, 0.25) is 5.02 Å². The summed E-state index contributed by atoms with van der Waals surface area (Å²) in [5, 5.41) is 4.13. The molecule has 0 bridgehead atoms. The van der Waals surface area contributed by atoms with Gasteiger partial charge in [0.25, 0.3) is 0 Å². The van der Waals surface area contributed by atoms with Gasteiger partial charge in [0.05, 0.1) is 10.7 Å². The van der Waals surface area contributed by atoms with E-state index < -0.39 is 0 Å². The first kappa shape index (κ1) is 14.7. The van der Waals surface area contributed by atoms with Crippen LogP contribution in [0.3, 0.4) is 0 Å². The van der Waals surface area contributed by atoms with Gasteiger partial charge in [-0.05, 0) is 50.4 Å². The van der Waals surface area contributed by atoms with E-state index in [0.717, 1.165) is 24.0 Å². The highest BCUT2D eigenvalue weighted by atomic mass is 35.5. The van der Waals surface area contributed by atoms with Crippen molar-refractivity contribution >= 4 is 17.3 Å². The van der Waals surface area contributed by atoms with Crippen molar-refractivity contribution in [3.05, 3.63) is 28.8 Å². The van der Waals surface area contributed by atoms with Crippen LogP contribution in [0, 0.1) is 5.92 Å². The molecule has 1 unspecified atom stereocenters. The summed E-state index contributed by atoms with van der Waals surface area (Å²) in [6.07, 6.45) is 3.89. The third-order valence-corrected chi connectivity index (χ3v) is 4.74. The highest BCUT2D eigenvalue weighted by molar-refractivity contribution is 6.33. The van der Waals surface area contributed by atoms with E-state index in [-0.39, 0.29) is 0 Å². The minimum Gasteiger partial charge on any atom is -0.370 e. The Bertz CT molecular complexity index is 411. The smallest absolute Gasteiger partial charge is 0.0642 e. The molecule has 1 fully saturated rings. The van der Waals surface area contributed by atoms with E-state index in [0.29, 0.717) is 6.04 Å². The molecule has 1 atom stereocenters. The number of nitrogens with zero attached hydrogens (tertiary/aromatic N) is 1. The zero-order chi connectivity index (χ0) is 13.8. The van der Waals surface area contributed by atoms with Crippen LogP contribution in [-0.4, -0.2) is 20.1 Å². The van der Waals surface area contributed by atoms with E-state index in [9.17, 15) is 0 Å². The number of piperidine rings is 1. The fourth-order valence-electron chi connectivity index (χ4n) is 2.80. The fourth-order valence-corrected chi connectivity index (χ4v) is 3.11. The van der Waals surface area contributed by atoms with Gasteiger partial charge in [-0.15, -0.1) is 0 Å². The molecule has 3 heteroatoms. The largest absolute Gasteiger partial charge is 0.370 e. The molecule has 1 aliphatic heterocycles. The number of hydrogen-bond donors (Lipinski definition) is 1. The Hall–Kier alpha value is -0.730. The predicted molar refractivity (Wildman–Crippen MR) is 84.2 cm³/mol. The minimum absolute atomic E-state index is 0.345. The molecule has 0 amide bonds. The molecule has 0 aromatic heterocycles. The minimum atomic E-state index is 0.345. The molecule has 1 N–H and O–H groups in total. The van der Waals surface area contributed by atoms with Crippen molar-refractivity contribution in [3.63, 3.8) is 0 Å². The first-order chi connectivity index (χ1) is 9.15. The van der Waals surface area contributed by atoms with Crippen LogP contribution in [0.5, 0.6) is 0 Å². The van der Waals surface area contributed by atoms with Gasteiger partial charge in [-0.2, -0.15) is 0 Å². The van der Waals surface area contributed by atoms with Gasteiger partial charge in [0.2, 0.25) is 0 Å². The molecular weight excluding hydrogens is 256 g/mol. The zero-order valence-electron chi connectivity index (χ0n) is 12.2. The van der Waals surface area contributed by atoms with Crippen molar-refractivity contribution in [2.45, 2.75) is 39.2 Å². The van der Waals surface area contributed by atoms with Crippen LogP contribution >= 0.6 is 11.6 Å². The number of rotatable bonds is 4. The monoisotopic (exact) mass is 280 g/mol. The number of anilines is 1. The fraction of sp³-hybridized carbons (Fsp3) is 0.625. The maximum atomic E-state index is 6.46. The van der Waals surface area contributed by atoms with Gasteiger partial charge in [-0.1, -0.05) is 31.0 Å². The molecular formula is C16H25ClN2. The highest BCUT2D eigenvalue weighted by Gasteiger charge is 2.20. The summed E-state index contributed by atoms with van der Waals surface area (Å²) in [5.41, 5.74) is 2.45. The Labute approximate surface area is 122 Å². The lowest BCUT2D eigenvalue weighted by atomic mass is 9.94. The lowest BCUT2D eigenvalue weighted by Crippen LogP contribution is -2.33. The summed E-state index contributed by atoms with van der Waals surface area (Å²) in [7, 11) is 1.97. The molecule has 106 valence electrons. The molecule has 1 aliphatic rings. The standard InChI is InChI=1S/C16H25ClN2/c1-4-13-7-9-19(10-8-13)16-6-5-14(11-15(16)17)12(2)18-3/h5-6,11-13,18H,4,7-10H2,1-3H3. The lowest BCUT2D eigenvalue weighted by molar-refractivity contribution is 0.395. The Kier molecular flexibility index (Phi) is 5.12. The van der Waals surface area contributed by atoms with Crippen LogP contribution in [-0.2, 0) is 0 Å². The van der Waals surface area contributed by atoms with E-state index in [1.165, 1.54) is 30.5 Å². The maximum Gasteiger partial charge on any atom is 0.0642 e. The van der Waals surface area contributed by atoms with Gasteiger partial charge in [0, 0.05) is 19.1 Å². The summed E-state index contributed by atoms with van der Waals surface area (Å²) in [6, 6.07) is 6.81. The zero-order valence-corrected chi connectivity index (χ0v) is 13.0. The van der Waals surface area contributed by atoms with Gasteiger partial charge >= 0.3 is 0 Å². The molecule has 0 saturated carbocycles. The first-order valence-corrected chi connectivity index (χ1v) is 7.75. The summed E-state index contributed by atoms with van der Waals surface area (Å²) in [6.45, 7) is 6.72.